The molecule has 6 heteroatoms. The van der Waals surface area contributed by atoms with Crippen molar-refractivity contribution in [2.75, 3.05) is 11.9 Å². The van der Waals surface area contributed by atoms with E-state index in [0.29, 0.717) is 16.4 Å². The van der Waals surface area contributed by atoms with E-state index < -0.39 is 0 Å². The van der Waals surface area contributed by atoms with Crippen molar-refractivity contribution in [3.05, 3.63) is 77.1 Å². The second-order valence-electron chi connectivity index (χ2n) is 5.62. The minimum Gasteiger partial charge on any atom is -0.459 e. The predicted octanol–water partition coefficient (Wildman–Crippen LogP) is 4.13. The van der Waals surface area contributed by atoms with Crippen LogP contribution in [0.4, 0.5) is 5.00 Å². The van der Waals surface area contributed by atoms with Gasteiger partial charge < -0.3 is 15.1 Å². The number of nitrogens with one attached hydrogen (secondary N) is 2. The monoisotopic (exact) mass is 354 g/mol. The van der Waals surface area contributed by atoms with Gasteiger partial charge in [-0.1, -0.05) is 37.3 Å². The Bertz CT molecular complexity index is 841. The van der Waals surface area contributed by atoms with Gasteiger partial charge in [-0.3, -0.25) is 9.59 Å². The molecule has 0 saturated heterocycles. The zero-order valence-corrected chi connectivity index (χ0v) is 14.5. The third-order valence-corrected chi connectivity index (χ3v) is 4.75. The summed E-state index contributed by atoms with van der Waals surface area (Å²) in [4.78, 5) is 24.8. The Morgan fingerprint density at radius 3 is 2.56 bits per heavy atom. The lowest BCUT2D eigenvalue weighted by atomic mass is 10.0. The maximum absolute atomic E-state index is 12.3. The van der Waals surface area contributed by atoms with E-state index in [-0.39, 0.29) is 23.5 Å². The van der Waals surface area contributed by atoms with Crippen LogP contribution < -0.4 is 10.6 Å². The molecule has 0 fully saturated rings. The Morgan fingerprint density at radius 2 is 1.84 bits per heavy atom. The molecule has 0 unspecified atom stereocenters. The fourth-order valence-electron chi connectivity index (χ4n) is 2.34. The van der Waals surface area contributed by atoms with Gasteiger partial charge in [0.1, 0.15) is 0 Å². The van der Waals surface area contributed by atoms with Crippen molar-refractivity contribution < 1.29 is 14.0 Å². The molecule has 2 aromatic heterocycles. The molecule has 3 aromatic rings. The van der Waals surface area contributed by atoms with Crippen molar-refractivity contribution in [2.24, 2.45) is 0 Å². The van der Waals surface area contributed by atoms with E-state index in [4.69, 9.17) is 4.42 Å². The van der Waals surface area contributed by atoms with E-state index in [1.54, 1.807) is 24.3 Å². The fraction of sp³-hybridized carbons (Fsp3) is 0.158. The van der Waals surface area contributed by atoms with E-state index in [1.165, 1.54) is 23.2 Å². The molecule has 1 aromatic carbocycles. The Kier molecular flexibility index (Phi) is 5.30. The molecule has 25 heavy (non-hydrogen) atoms. The quantitative estimate of drug-likeness (QED) is 0.699. The highest BCUT2D eigenvalue weighted by molar-refractivity contribution is 7.18. The van der Waals surface area contributed by atoms with Crippen LogP contribution in [-0.4, -0.2) is 18.4 Å². The highest BCUT2D eigenvalue weighted by Gasteiger charge is 2.14. The van der Waals surface area contributed by atoms with E-state index in [1.807, 2.05) is 30.3 Å². The molecule has 5 nitrogen and oxygen atoms in total. The SMILES string of the molecule is C[C@@H](CNC(=O)c1ccc(NC(=O)c2ccco2)s1)c1ccccc1. The largest absolute Gasteiger partial charge is 0.459 e. The summed E-state index contributed by atoms with van der Waals surface area (Å²) < 4.78 is 5.04. The molecule has 0 saturated carbocycles. The third-order valence-electron chi connectivity index (χ3n) is 3.75. The lowest BCUT2D eigenvalue weighted by Crippen LogP contribution is -2.26. The summed E-state index contributed by atoms with van der Waals surface area (Å²) >= 11 is 1.23. The molecular formula is C19H18N2O3S. The van der Waals surface area contributed by atoms with Crippen molar-refractivity contribution in [1.29, 1.82) is 0 Å². The Hall–Kier alpha value is -2.86. The summed E-state index contributed by atoms with van der Waals surface area (Å²) in [6.07, 6.45) is 1.44. The van der Waals surface area contributed by atoms with Crippen molar-refractivity contribution in [1.82, 2.24) is 5.32 Å². The van der Waals surface area contributed by atoms with E-state index >= 15 is 0 Å². The molecule has 3 rings (SSSR count). The molecule has 0 radical (unpaired) electrons. The number of rotatable bonds is 6. The summed E-state index contributed by atoms with van der Waals surface area (Å²) in [6, 6.07) is 16.7. The van der Waals surface area contributed by atoms with E-state index in [0.717, 1.165) is 0 Å². The van der Waals surface area contributed by atoms with Gasteiger partial charge in [-0.2, -0.15) is 0 Å². The van der Waals surface area contributed by atoms with Crippen LogP contribution in [0.1, 0.15) is 38.6 Å². The van der Waals surface area contributed by atoms with Gasteiger partial charge in [-0.05, 0) is 35.7 Å². The lowest BCUT2D eigenvalue weighted by molar-refractivity contribution is 0.0954. The van der Waals surface area contributed by atoms with Gasteiger partial charge in [0.2, 0.25) is 0 Å². The first-order valence-corrected chi connectivity index (χ1v) is 8.73. The standard InChI is InChI=1S/C19H18N2O3S/c1-13(14-6-3-2-4-7-14)12-20-19(23)16-9-10-17(25-16)21-18(22)15-8-5-11-24-15/h2-11,13H,12H2,1H3,(H,20,23)(H,21,22)/t13-/m0/s1. The average Bonchev–Trinajstić information content (AvgIpc) is 3.32. The van der Waals surface area contributed by atoms with E-state index in [9.17, 15) is 9.59 Å². The van der Waals surface area contributed by atoms with Crippen LogP contribution >= 0.6 is 11.3 Å². The number of benzene rings is 1. The van der Waals surface area contributed by atoms with Gasteiger partial charge in [0.15, 0.2) is 5.76 Å². The molecule has 2 amide bonds. The molecular weight excluding hydrogens is 336 g/mol. The molecule has 2 heterocycles. The molecule has 0 aliphatic heterocycles. The van der Waals surface area contributed by atoms with Gasteiger partial charge in [-0.15, -0.1) is 11.3 Å². The topological polar surface area (TPSA) is 71.3 Å². The van der Waals surface area contributed by atoms with Gasteiger partial charge >= 0.3 is 0 Å². The number of hydrogen-bond acceptors (Lipinski definition) is 4. The minimum absolute atomic E-state index is 0.147. The molecule has 2 N–H and O–H groups in total. The normalized spacial score (nSPS) is 11.7. The first-order valence-electron chi connectivity index (χ1n) is 7.91. The maximum atomic E-state index is 12.3. The number of carbonyl (C=O) groups is 2. The predicted molar refractivity (Wildman–Crippen MR) is 98.2 cm³/mol. The summed E-state index contributed by atoms with van der Waals surface area (Å²) in [5, 5.41) is 6.25. The summed E-state index contributed by atoms with van der Waals surface area (Å²) in [7, 11) is 0. The molecule has 0 bridgehead atoms. The zero-order valence-electron chi connectivity index (χ0n) is 13.7. The Balaban J connectivity index is 1.55. The van der Waals surface area contributed by atoms with Crippen LogP contribution in [0.3, 0.4) is 0 Å². The third kappa shape index (κ3) is 4.36. The lowest BCUT2D eigenvalue weighted by Gasteiger charge is -2.12. The highest BCUT2D eigenvalue weighted by Crippen LogP contribution is 2.23. The highest BCUT2D eigenvalue weighted by atomic mass is 32.1. The number of thiophene rings is 1. The zero-order chi connectivity index (χ0) is 17.6. The number of furan rings is 1. The summed E-state index contributed by atoms with van der Waals surface area (Å²) in [5.41, 5.74) is 1.18. The van der Waals surface area contributed by atoms with Crippen LogP contribution in [0.25, 0.3) is 0 Å². The molecule has 0 aliphatic rings. The average molecular weight is 354 g/mol. The van der Waals surface area contributed by atoms with Crippen LogP contribution in [-0.2, 0) is 0 Å². The van der Waals surface area contributed by atoms with Crippen LogP contribution in [0.2, 0.25) is 0 Å². The minimum atomic E-state index is -0.337. The van der Waals surface area contributed by atoms with Crippen molar-refractivity contribution in [3.63, 3.8) is 0 Å². The Morgan fingerprint density at radius 1 is 1.04 bits per heavy atom. The number of hydrogen-bond donors (Lipinski definition) is 2. The van der Waals surface area contributed by atoms with Crippen molar-refractivity contribution in [2.45, 2.75) is 12.8 Å². The smallest absolute Gasteiger partial charge is 0.291 e. The van der Waals surface area contributed by atoms with Gasteiger partial charge in [0.05, 0.1) is 16.1 Å². The number of carbonyl (C=O) groups excluding carboxylic acids is 2. The van der Waals surface area contributed by atoms with Gasteiger partial charge in [0.25, 0.3) is 11.8 Å². The van der Waals surface area contributed by atoms with Crippen molar-refractivity contribution in [3.8, 4) is 0 Å². The molecule has 1 atom stereocenters. The van der Waals surface area contributed by atoms with Gasteiger partial charge in [0, 0.05) is 6.54 Å². The maximum Gasteiger partial charge on any atom is 0.291 e. The van der Waals surface area contributed by atoms with Crippen LogP contribution in [0.5, 0.6) is 0 Å². The van der Waals surface area contributed by atoms with Gasteiger partial charge in [-0.25, -0.2) is 0 Å². The summed E-state index contributed by atoms with van der Waals surface area (Å²) in [6.45, 7) is 2.62. The van der Waals surface area contributed by atoms with Crippen molar-refractivity contribution >= 4 is 28.2 Å². The molecule has 0 aliphatic carbocycles. The first kappa shape index (κ1) is 17.0. The summed E-state index contributed by atoms with van der Waals surface area (Å²) in [5.74, 6) is -0.0258. The molecule has 0 spiro atoms. The second-order valence-corrected chi connectivity index (χ2v) is 6.70. The number of anilines is 1. The van der Waals surface area contributed by atoms with Crippen LogP contribution in [0.15, 0.2) is 65.3 Å². The fourth-order valence-corrected chi connectivity index (χ4v) is 3.16. The Labute approximate surface area is 149 Å². The first-order chi connectivity index (χ1) is 12.1. The number of amides is 2. The van der Waals surface area contributed by atoms with E-state index in [2.05, 4.69) is 17.6 Å². The second kappa shape index (κ2) is 7.81. The van der Waals surface area contributed by atoms with Crippen LogP contribution in [0, 0.1) is 0 Å². The molecule has 128 valence electrons.